The summed E-state index contributed by atoms with van der Waals surface area (Å²) in [5, 5.41) is 14.4. The first-order valence-electron chi connectivity index (χ1n) is 27.2. The Morgan fingerprint density at radius 3 is 1.19 bits per heavy atom. The maximum atomic E-state index is 12.6. The molecule has 16 heteroatoms. The lowest BCUT2D eigenvalue weighted by molar-refractivity contribution is -0.126. The van der Waals surface area contributed by atoms with Gasteiger partial charge in [-0.3, -0.25) is 9.59 Å². The highest BCUT2D eigenvalue weighted by molar-refractivity contribution is 6.42. The highest BCUT2D eigenvalue weighted by Gasteiger charge is 2.28. The predicted octanol–water partition coefficient (Wildman–Crippen LogP) is 10.6. The highest BCUT2D eigenvalue weighted by atomic mass is 16.2. The van der Waals surface area contributed by atoms with Crippen LogP contribution in [0.4, 0.5) is 38.4 Å². The number of hydrogen-bond donors (Lipinski definition) is 2. The molecule has 6 heterocycles. The maximum Gasteiger partial charge on any atom is 0.321 e. The molecule has 0 aliphatic carbocycles. The Balaban J connectivity index is 0.000000168. The lowest BCUT2D eigenvalue weighted by Gasteiger charge is -2.35. The number of amides is 5. The number of rotatable bonds is 10. The molecule has 0 bridgehead atoms. The molecular weight excluding hydrogens is 965 g/mol. The molecular formula is C61H78N12O4. The fourth-order valence-electron chi connectivity index (χ4n) is 9.08. The Kier molecular flexibility index (Phi) is 20.1. The fraction of sp³-hybridized carbons (Fsp3) is 0.410. The summed E-state index contributed by atoms with van der Waals surface area (Å²) < 4.78 is 0. The van der Waals surface area contributed by atoms with Crippen molar-refractivity contribution in [1.82, 2.24) is 34.9 Å². The Labute approximate surface area is 455 Å². The molecule has 0 radical (unpaired) electrons. The molecule has 0 unspecified atom stereocenters. The molecule has 3 fully saturated rings. The van der Waals surface area contributed by atoms with Gasteiger partial charge in [0.1, 0.15) is 11.6 Å². The van der Waals surface area contributed by atoms with Gasteiger partial charge >= 0.3 is 12.1 Å². The zero-order valence-electron chi connectivity index (χ0n) is 46.6. The molecule has 3 aromatic carbocycles. The van der Waals surface area contributed by atoms with E-state index >= 15 is 0 Å². The number of anilines is 5. The van der Waals surface area contributed by atoms with Crippen molar-refractivity contribution in [3.63, 3.8) is 0 Å². The number of carbonyl (C=O) groups excluding carboxylic acids is 4. The van der Waals surface area contributed by atoms with Gasteiger partial charge in [-0.05, 0) is 121 Å². The lowest BCUT2D eigenvalue weighted by atomic mass is 10.00. The average Bonchev–Trinajstić information content (AvgIpc) is 3.71. The summed E-state index contributed by atoms with van der Waals surface area (Å²) in [6.45, 7) is 27.3. The third kappa shape index (κ3) is 16.3. The number of Topliss-reactive ketones (excluding diaryl/α,β-unsaturated/α-hetero) is 1. The van der Waals surface area contributed by atoms with Crippen molar-refractivity contribution in [2.45, 2.75) is 86.5 Å². The van der Waals surface area contributed by atoms with Gasteiger partial charge in [0.15, 0.2) is 5.82 Å². The molecule has 6 aromatic rings. The number of aryl methyl sites for hydroxylation is 3. The second-order valence-corrected chi connectivity index (χ2v) is 21.0. The third-order valence-electron chi connectivity index (χ3n) is 14.2. The van der Waals surface area contributed by atoms with Gasteiger partial charge in [-0.1, -0.05) is 102 Å². The number of pyridine rings is 2. The standard InChI is InChI=1S/C21H25N3O2.C20H27N5O.C20H26N4O/c1-15(2)17-5-7-18(8-6-17)20(25)21(26)24-12-10-23(11-13-24)19-9-4-16(3)14-22-19;1-15(2)17-6-8-18(9-7-17)21-20(26)25-12-4-11-24(13-14-25)19-10-5-16(3)22-23-19;1-15(2)17-5-7-18(8-6-17)22-20(25)24-12-10-23(11-13-24)19-9-4-16(3)14-21-19/h4-9,14-15H,10-13H2,1-3H3;5-10,15H,4,11-14H2,1-3H3,(H,21,26);4-9,14-15H,10-13H2,1-3H3,(H,22,25). The molecule has 5 amide bonds. The van der Waals surface area contributed by atoms with Gasteiger partial charge in [-0.2, -0.15) is 5.10 Å². The van der Waals surface area contributed by atoms with Gasteiger partial charge in [0.2, 0.25) is 5.78 Å². The van der Waals surface area contributed by atoms with Gasteiger partial charge in [-0.25, -0.2) is 19.6 Å². The summed E-state index contributed by atoms with van der Waals surface area (Å²) in [7, 11) is 0. The lowest BCUT2D eigenvalue weighted by Crippen LogP contribution is -2.50. The van der Waals surface area contributed by atoms with Crippen LogP contribution in [0.1, 0.15) is 110 Å². The Morgan fingerprint density at radius 2 is 0.805 bits per heavy atom. The zero-order chi connectivity index (χ0) is 55.0. The van der Waals surface area contributed by atoms with Crippen molar-refractivity contribution >= 4 is 52.6 Å². The van der Waals surface area contributed by atoms with Crippen molar-refractivity contribution < 1.29 is 19.2 Å². The van der Waals surface area contributed by atoms with E-state index in [1.165, 1.54) is 11.1 Å². The monoisotopic (exact) mass is 1040 g/mol. The van der Waals surface area contributed by atoms with Crippen LogP contribution >= 0.6 is 0 Å². The van der Waals surface area contributed by atoms with Crippen molar-refractivity contribution in [1.29, 1.82) is 0 Å². The van der Waals surface area contributed by atoms with E-state index in [4.69, 9.17) is 0 Å². The van der Waals surface area contributed by atoms with Crippen LogP contribution < -0.4 is 25.3 Å². The first-order valence-corrected chi connectivity index (χ1v) is 27.2. The normalized spacial score (nSPS) is 14.8. The summed E-state index contributed by atoms with van der Waals surface area (Å²) in [6, 6.07) is 35.5. The fourth-order valence-corrected chi connectivity index (χ4v) is 9.08. The van der Waals surface area contributed by atoms with E-state index in [9.17, 15) is 19.2 Å². The first-order chi connectivity index (χ1) is 37.0. The molecule has 3 aliphatic rings. The number of hydrogen-bond acceptors (Lipinski definition) is 11. The van der Waals surface area contributed by atoms with E-state index in [2.05, 4.69) is 117 Å². The smallest absolute Gasteiger partial charge is 0.321 e. The van der Waals surface area contributed by atoms with E-state index in [0.29, 0.717) is 69.1 Å². The number of aromatic nitrogens is 4. The van der Waals surface area contributed by atoms with Crippen LogP contribution in [0.3, 0.4) is 0 Å². The first kappa shape index (κ1) is 56.8. The average molecular weight is 1040 g/mol. The van der Waals surface area contributed by atoms with Gasteiger partial charge in [0, 0.05) is 108 Å². The maximum absolute atomic E-state index is 12.6. The van der Waals surface area contributed by atoms with Crippen LogP contribution in [0, 0.1) is 20.8 Å². The van der Waals surface area contributed by atoms with Crippen LogP contribution in [-0.2, 0) is 4.79 Å². The van der Waals surface area contributed by atoms with Gasteiger partial charge in [-0.15, -0.1) is 5.10 Å². The van der Waals surface area contributed by atoms with Crippen LogP contribution in [-0.4, -0.2) is 137 Å². The number of urea groups is 2. The van der Waals surface area contributed by atoms with Crippen molar-refractivity contribution in [3.8, 4) is 0 Å². The Morgan fingerprint density at radius 1 is 0.416 bits per heavy atom. The molecule has 9 rings (SSSR count). The minimum atomic E-state index is -0.429. The predicted molar refractivity (Wildman–Crippen MR) is 310 cm³/mol. The zero-order valence-corrected chi connectivity index (χ0v) is 46.6. The highest BCUT2D eigenvalue weighted by Crippen LogP contribution is 2.22. The van der Waals surface area contributed by atoms with E-state index in [1.54, 1.807) is 17.0 Å². The molecule has 0 atom stereocenters. The molecule has 16 nitrogen and oxygen atoms in total. The number of carbonyl (C=O) groups is 4. The minimum Gasteiger partial charge on any atom is -0.353 e. The van der Waals surface area contributed by atoms with Crippen LogP contribution in [0.2, 0.25) is 0 Å². The van der Waals surface area contributed by atoms with E-state index in [1.807, 2.05) is 110 Å². The van der Waals surface area contributed by atoms with Gasteiger partial charge in [0.25, 0.3) is 5.91 Å². The third-order valence-corrected chi connectivity index (χ3v) is 14.2. The summed E-state index contributed by atoms with van der Waals surface area (Å²) in [5.74, 6) is 3.31. The molecule has 2 N–H and O–H groups in total. The summed E-state index contributed by atoms with van der Waals surface area (Å²) >= 11 is 0. The van der Waals surface area contributed by atoms with Crippen molar-refractivity contribution in [2.75, 3.05) is 104 Å². The van der Waals surface area contributed by atoms with Crippen molar-refractivity contribution in [3.05, 3.63) is 161 Å². The molecule has 3 aliphatic heterocycles. The molecule has 406 valence electrons. The quantitative estimate of drug-likeness (QED) is 0.0992. The summed E-state index contributed by atoms with van der Waals surface area (Å²) in [5.41, 5.74) is 9.04. The number of piperazine rings is 2. The molecule has 0 spiro atoms. The largest absolute Gasteiger partial charge is 0.353 e. The van der Waals surface area contributed by atoms with Gasteiger partial charge < -0.3 is 40.0 Å². The SMILES string of the molecule is Cc1ccc(N2CCCN(C(=O)Nc3ccc(C(C)C)cc3)CC2)nn1.Cc1ccc(N2CCN(C(=O)C(=O)c3ccc(C(C)C)cc3)CC2)nc1.Cc1ccc(N2CCN(C(=O)Nc3ccc(C(C)C)cc3)CC2)nc1. The molecule has 77 heavy (non-hydrogen) atoms. The second kappa shape index (κ2) is 27.3. The molecule has 3 aromatic heterocycles. The summed E-state index contributed by atoms with van der Waals surface area (Å²) in [6.07, 6.45) is 4.64. The minimum absolute atomic E-state index is 0.0335. The number of benzene rings is 3. The van der Waals surface area contributed by atoms with E-state index in [0.717, 1.165) is 90.4 Å². The number of nitrogens with zero attached hydrogens (tertiary/aromatic N) is 10. The summed E-state index contributed by atoms with van der Waals surface area (Å²) in [4.78, 5) is 70.9. The molecule has 3 saturated heterocycles. The van der Waals surface area contributed by atoms with Crippen LogP contribution in [0.15, 0.2) is 122 Å². The second-order valence-electron chi connectivity index (χ2n) is 21.0. The van der Waals surface area contributed by atoms with Gasteiger partial charge in [0.05, 0.1) is 5.69 Å². The van der Waals surface area contributed by atoms with Crippen molar-refractivity contribution in [2.24, 2.45) is 0 Å². The molecule has 0 saturated carbocycles. The topological polar surface area (TPSA) is 163 Å². The van der Waals surface area contributed by atoms with E-state index in [-0.39, 0.29) is 12.1 Å². The van der Waals surface area contributed by atoms with Crippen LogP contribution in [0.5, 0.6) is 0 Å². The van der Waals surface area contributed by atoms with Crippen LogP contribution in [0.25, 0.3) is 0 Å². The number of nitrogens with one attached hydrogen (secondary N) is 2. The Hall–Kier alpha value is -7.88. The van der Waals surface area contributed by atoms with E-state index < -0.39 is 11.7 Å². The number of ketones is 1. The Bertz CT molecular complexity index is 2830.